The van der Waals surface area contributed by atoms with Gasteiger partial charge in [0, 0.05) is 12.1 Å². The number of hydrogen-bond acceptors (Lipinski definition) is 7. The number of phosphoric acid groups is 1. The maximum atomic E-state index is 12.0. The highest BCUT2D eigenvalue weighted by Gasteiger charge is 2.34. The Labute approximate surface area is 145 Å². The van der Waals surface area contributed by atoms with E-state index in [0.29, 0.717) is 0 Å². The second-order valence-corrected chi connectivity index (χ2v) is 11.0. The summed E-state index contributed by atoms with van der Waals surface area (Å²) in [6, 6.07) is 0. The van der Waals surface area contributed by atoms with Gasteiger partial charge in [0.05, 0.1) is 32.9 Å². The summed E-state index contributed by atoms with van der Waals surface area (Å²) in [5.41, 5.74) is -0.993. The summed E-state index contributed by atoms with van der Waals surface area (Å²) in [7, 11) is -8.75. The van der Waals surface area contributed by atoms with Crippen LogP contribution in [0.2, 0.25) is 0 Å². The van der Waals surface area contributed by atoms with E-state index in [0.717, 1.165) is 6.26 Å². The van der Waals surface area contributed by atoms with Gasteiger partial charge in [-0.1, -0.05) is 20.8 Å². The second-order valence-electron chi connectivity index (χ2n) is 7.97. The molecule has 0 aromatic heterocycles. The minimum atomic E-state index is -5.18. The molecule has 0 N–H and O–H groups in total. The number of rotatable bonds is 8. The van der Waals surface area contributed by atoms with Crippen LogP contribution in [0.25, 0.3) is 0 Å². The SMILES string of the molecule is C[C@H](O[C@H](COP(=O)([O-])[O-])CN(C(C)(C)C)S(C)(=O)=O)C(C)(C)C. The zero-order chi connectivity index (χ0) is 19.6. The number of phosphoric ester groups is 1. The van der Waals surface area contributed by atoms with E-state index < -0.39 is 36.1 Å². The van der Waals surface area contributed by atoms with Gasteiger partial charge in [-0.15, -0.1) is 0 Å². The summed E-state index contributed by atoms with van der Waals surface area (Å²) in [4.78, 5) is 21.5. The molecule has 0 unspecified atom stereocenters. The van der Waals surface area contributed by atoms with Crippen molar-refractivity contribution < 1.29 is 32.0 Å². The highest BCUT2D eigenvalue weighted by Crippen LogP contribution is 2.28. The van der Waals surface area contributed by atoms with Crippen LogP contribution in [0.4, 0.5) is 0 Å². The molecule has 0 amide bonds. The van der Waals surface area contributed by atoms with Gasteiger partial charge in [-0.25, -0.2) is 8.42 Å². The standard InChI is InChI=1S/C14H32NO7PS/c1-11(13(2,3)4)22-12(10-21-23(16,17)18)9-15(14(5,6)7)24(8,19)20/h11-12H,9-10H2,1-8H3,(H2,16,17,18)/p-2/t11-,12-/m0/s1. The van der Waals surface area contributed by atoms with Crippen molar-refractivity contribution in [1.29, 1.82) is 0 Å². The molecule has 0 aromatic carbocycles. The minimum Gasteiger partial charge on any atom is -0.790 e. The van der Waals surface area contributed by atoms with E-state index in [2.05, 4.69) is 4.52 Å². The van der Waals surface area contributed by atoms with Gasteiger partial charge in [0.1, 0.15) is 0 Å². The lowest BCUT2D eigenvalue weighted by Gasteiger charge is -2.39. The molecule has 0 aliphatic carbocycles. The Hall–Kier alpha value is -0.0200. The fourth-order valence-electron chi connectivity index (χ4n) is 1.89. The third-order valence-corrected chi connectivity index (χ3v) is 5.52. The van der Waals surface area contributed by atoms with Crippen LogP contribution >= 0.6 is 7.82 Å². The fourth-order valence-corrected chi connectivity index (χ4v) is 3.67. The van der Waals surface area contributed by atoms with Crippen molar-refractivity contribution in [1.82, 2.24) is 4.31 Å². The van der Waals surface area contributed by atoms with Crippen LogP contribution in [-0.2, 0) is 23.8 Å². The molecule has 0 aromatic rings. The van der Waals surface area contributed by atoms with Gasteiger partial charge in [-0.05, 0) is 33.1 Å². The molecule has 0 bridgehead atoms. The maximum Gasteiger partial charge on any atom is 0.211 e. The quantitative estimate of drug-likeness (QED) is 0.563. The van der Waals surface area contributed by atoms with Crippen LogP contribution in [0.5, 0.6) is 0 Å². The van der Waals surface area contributed by atoms with Crippen molar-refractivity contribution in [3.63, 3.8) is 0 Å². The largest absolute Gasteiger partial charge is 0.790 e. The second kappa shape index (κ2) is 8.12. The summed E-state index contributed by atoms with van der Waals surface area (Å²) in [5.74, 6) is 0. The van der Waals surface area contributed by atoms with E-state index >= 15 is 0 Å². The number of hydrogen-bond donors (Lipinski definition) is 0. The Bertz CT molecular complexity index is 544. The molecular formula is C14H30NO7PS-2. The summed E-state index contributed by atoms with van der Waals surface area (Å²) in [6.45, 7) is 12.1. The van der Waals surface area contributed by atoms with E-state index in [1.54, 1.807) is 27.7 Å². The molecule has 0 aliphatic heterocycles. The van der Waals surface area contributed by atoms with Crippen molar-refractivity contribution in [2.75, 3.05) is 19.4 Å². The topological polar surface area (TPSA) is 119 Å². The third-order valence-electron chi connectivity index (χ3n) is 3.55. The maximum absolute atomic E-state index is 12.0. The first-order valence-electron chi connectivity index (χ1n) is 7.64. The molecule has 0 spiro atoms. The summed E-state index contributed by atoms with van der Waals surface area (Å²) >= 11 is 0. The minimum absolute atomic E-state index is 0.122. The summed E-state index contributed by atoms with van der Waals surface area (Å²) in [5, 5.41) is 0. The summed E-state index contributed by atoms with van der Waals surface area (Å²) in [6.07, 6.45) is -0.148. The molecule has 0 saturated heterocycles. The normalized spacial score (nSPS) is 17.1. The van der Waals surface area contributed by atoms with Crippen LogP contribution in [0.1, 0.15) is 48.5 Å². The van der Waals surface area contributed by atoms with Gasteiger partial charge in [-0.2, -0.15) is 4.31 Å². The lowest BCUT2D eigenvalue weighted by atomic mass is 9.90. The fraction of sp³-hybridized carbons (Fsp3) is 1.00. The highest BCUT2D eigenvalue weighted by atomic mass is 32.2. The van der Waals surface area contributed by atoms with E-state index in [4.69, 9.17) is 4.74 Å². The first kappa shape index (κ1) is 24.0. The molecule has 0 saturated carbocycles. The Morgan fingerprint density at radius 2 is 1.58 bits per heavy atom. The molecule has 0 fully saturated rings. The molecule has 146 valence electrons. The van der Waals surface area contributed by atoms with Gasteiger partial charge in [0.25, 0.3) is 0 Å². The van der Waals surface area contributed by atoms with Crippen molar-refractivity contribution in [3.05, 3.63) is 0 Å². The van der Waals surface area contributed by atoms with Gasteiger partial charge >= 0.3 is 0 Å². The average Bonchev–Trinajstić information content (AvgIpc) is 2.26. The monoisotopic (exact) mass is 387 g/mol. The van der Waals surface area contributed by atoms with Crippen LogP contribution in [-0.4, -0.2) is 49.9 Å². The molecule has 8 nitrogen and oxygen atoms in total. The molecule has 24 heavy (non-hydrogen) atoms. The molecular weight excluding hydrogens is 357 g/mol. The molecule has 0 heterocycles. The van der Waals surface area contributed by atoms with E-state index in [1.807, 2.05) is 20.8 Å². The molecule has 0 aliphatic rings. The Morgan fingerprint density at radius 3 is 1.88 bits per heavy atom. The highest BCUT2D eigenvalue weighted by molar-refractivity contribution is 7.88. The molecule has 2 atom stereocenters. The first-order chi connectivity index (χ1) is 10.3. The van der Waals surface area contributed by atoms with Gasteiger partial charge in [0.15, 0.2) is 0 Å². The predicted octanol–water partition coefficient (Wildman–Crippen LogP) is 0.712. The zero-order valence-electron chi connectivity index (χ0n) is 15.7. The van der Waals surface area contributed by atoms with E-state index in [-0.39, 0.29) is 18.1 Å². The van der Waals surface area contributed by atoms with Crippen molar-refractivity contribution in [2.45, 2.75) is 66.2 Å². The predicted molar refractivity (Wildman–Crippen MR) is 88.7 cm³/mol. The molecule has 10 heteroatoms. The summed E-state index contributed by atoms with van der Waals surface area (Å²) < 4.78 is 46.2. The Morgan fingerprint density at radius 1 is 1.12 bits per heavy atom. The lowest BCUT2D eigenvalue weighted by Crippen LogP contribution is -2.51. The van der Waals surface area contributed by atoms with Crippen molar-refractivity contribution in [3.8, 4) is 0 Å². The van der Waals surface area contributed by atoms with Crippen LogP contribution in [0, 0.1) is 5.41 Å². The molecule has 0 rings (SSSR count). The van der Waals surface area contributed by atoms with E-state index in [9.17, 15) is 22.8 Å². The number of nitrogens with zero attached hydrogens (tertiary/aromatic N) is 1. The van der Waals surface area contributed by atoms with Crippen LogP contribution in [0.3, 0.4) is 0 Å². The number of ether oxygens (including phenoxy) is 1. The van der Waals surface area contributed by atoms with Crippen LogP contribution in [0.15, 0.2) is 0 Å². The molecule has 0 radical (unpaired) electrons. The van der Waals surface area contributed by atoms with Crippen LogP contribution < -0.4 is 9.79 Å². The van der Waals surface area contributed by atoms with E-state index in [1.165, 1.54) is 4.31 Å². The van der Waals surface area contributed by atoms with Gasteiger partial charge < -0.3 is 23.6 Å². The zero-order valence-corrected chi connectivity index (χ0v) is 17.4. The van der Waals surface area contributed by atoms with Gasteiger partial charge in [-0.3, -0.25) is 0 Å². The Balaban J connectivity index is 5.40. The number of sulfonamides is 1. The average molecular weight is 387 g/mol. The smallest absolute Gasteiger partial charge is 0.211 e. The van der Waals surface area contributed by atoms with Gasteiger partial charge in [0.2, 0.25) is 10.0 Å². The van der Waals surface area contributed by atoms with Crippen molar-refractivity contribution >= 4 is 17.8 Å². The van der Waals surface area contributed by atoms with Crippen molar-refractivity contribution in [2.24, 2.45) is 5.41 Å². The lowest BCUT2D eigenvalue weighted by molar-refractivity contribution is -0.343. The Kier molecular flexibility index (Phi) is 8.11. The third kappa shape index (κ3) is 9.46. The first-order valence-corrected chi connectivity index (χ1v) is 10.9.